The molecule has 55 heavy (non-hydrogen) atoms. The molecule has 0 aliphatic heterocycles. The van der Waals surface area contributed by atoms with Crippen molar-refractivity contribution in [2.45, 2.75) is 92.3 Å². The summed E-state index contributed by atoms with van der Waals surface area (Å²) in [6.45, 7) is 25.2. The molecule has 0 saturated heterocycles. The van der Waals surface area contributed by atoms with Gasteiger partial charge in [-0.2, -0.15) is 0 Å². The molecule has 0 bridgehead atoms. The zero-order chi connectivity index (χ0) is 38.9. The summed E-state index contributed by atoms with van der Waals surface area (Å²) in [7, 11) is -1.38. The predicted molar refractivity (Wildman–Crippen MR) is 229 cm³/mol. The molecule has 287 valence electrons. The summed E-state index contributed by atoms with van der Waals surface area (Å²) in [5, 5.41) is 3.53. The van der Waals surface area contributed by atoms with E-state index in [4.69, 9.17) is 9.40 Å². The Labute approximate surface area is 342 Å². The number of aromatic nitrogens is 2. The summed E-state index contributed by atoms with van der Waals surface area (Å²) in [6.07, 6.45) is 3.98. The van der Waals surface area contributed by atoms with Gasteiger partial charge in [-0.3, -0.25) is 0 Å². The first-order valence-electron chi connectivity index (χ1n) is 19.1. The molecule has 7 rings (SSSR count). The number of para-hydroxylation sites is 1. The van der Waals surface area contributed by atoms with Gasteiger partial charge in [-0.05, 0) is 63.5 Å². The van der Waals surface area contributed by atoms with Crippen LogP contribution in [0.4, 0.5) is 4.39 Å². The van der Waals surface area contributed by atoms with Crippen LogP contribution in [0.3, 0.4) is 0 Å². The van der Waals surface area contributed by atoms with Crippen molar-refractivity contribution in [3.63, 3.8) is 0 Å². The van der Waals surface area contributed by atoms with E-state index in [0.717, 1.165) is 55.6 Å². The Morgan fingerprint density at radius 2 is 1.44 bits per heavy atom. The summed E-state index contributed by atoms with van der Waals surface area (Å²) in [6, 6.07) is 36.2. The van der Waals surface area contributed by atoms with Crippen LogP contribution < -0.4 is 5.19 Å². The molecule has 7 aromatic rings. The van der Waals surface area contributed by atoms with Crippen LogP contribution in [0.2, 0.25) is 19.6 Å². The minimum atomic E-state index is -1.38. The third-order valence-electron chi connectivity index (χ3n) is 10.5. The topological polar surface area (TPSA) is 38.9 Å². The van der Waals surface area contributed by atoms with Crippen molar-refractivity contribution in [1.29, 1.82) is 0 Å². The first-order chi connectivity index (χ1) is 25.5. The quantitative estimate of drug-likeness (QED) is 0.118. The summed E-state index contributed by atoms with van der Waals surface area (Å²) in [4.78, 5) is 9.41. The summed E-state index contributed by atoms with van der Waals surface area (Å²) in [5.41, 5.74) is 11.5. The first kappa shape index (κ1) is 41.9. The second kappa shape index (κ2) is 16.9. The van der Waals surface area contributed by atoms with E-state index in [-0.39, 0.29) is 31.3 Å². The summed E-state index contributed by atoms with van der Waals surface area (Å²) in [5.74, 6) is 1.24. The van der Waals surface area contributed by atoms with E-state index < -0.39 is 8.07 Å². The van der Waals surface area contributed by atoms with Crippen LogP contribution in [0.5, 0.6) is 0 Å². The monoisotopic (exact) mass is 925 g/mol. The van der Waals surface area contributed by atoms with E-state index in [0.29, 0.717) is 17.8 Å². The van der Waals surface area contributed by atoms with Crippen LogP contribution in [0.1, 0.15) is 83.9 Å². The molecule has 1 unspecified atom stereocenters. The number of hydrogen-bond donors (Lipinski definition) is 0. The first-order valence-corrected chi connectivity index (χ1v) is 22.6. The maximum atomic E-state index is 13.4. The molecule has 0 spiro atoms. The smallest absolute Gasteiger partial charge is 0.128 e. The second-order valence-corrected chi connectivity index (χ2v) is 22.2. The van der Waals surface area contributed by atoms with Crippen molar-refractivity contribution in [2.75, 3.05) is 0 Å². The van der Waals surface area contributed by atoms with Crippen molar-refractivity contribution >= 4 is 35.2 Å². The van der Waals surface area contributed by atoms with Gasteiger partial charge in [0.25, 0.3) is 0 Å². The zero-order valence-corrected chi connectivity index (χ0v) is 37.5. The molecule has 0 aliphatic rings. The molecule has 0 N–H and O–H groups in total. The minimum absolute atomic E-state index is 0. The van der Waals surface area contributed by atoms with Gasteiger partial charge in [0, 0.05) is 43.4 Å². The van der Waals surface area contributed by atoms with E-state index in [1.165, 1.54) is 34.0 Å². The Balaban J connectivity index is 0.000000217. The van der Waals surface area contributed by atoms with Crippen molar-refractivity contribution in [3.05, 3.63) is 138 Å². The number of rotatable bonds is 7. The van der Waals surface area contributed by atoms with E-state index in [2.05, 4.69) is 135 Å². The standard InChI is InChI=1S/C28H23FNO.C21H30NSi.Ir/c1-17(2)18(3)20-14-15-30-26(16-20)25-9-5-8-24-23-7-4-6-22(27(23)31-28(24)25)19-10-12-21(29)13-11-19;1-15(2)18-13-19(22-14-20(18)23(6,7)8)16-10-9-11-17(12-16)21(3,4)5;/h4-8,10-18H,1-3H3;9,11-15H,1-8H3;/q2*-1;. The molecule has 0 aliphatic carbocycles. The van der Waals surface area contributed by atoms with E-state index in [9.17, 15) is 4.39 Å². The SMILES string of the molecule is CC(C)C(C)c1ccnc(-c2[c-]ccc3c2oc2c(-c4ccc(F)cc4)cccc23)c1.CC(C)c1cc(-c2[c-]ccc(C(C)(C)C)c2)ncc1[Si](C)(C)C.[Ir]. The summed E-state index contributed by atoms with van der Waals surface area (Å²) < 4.78 is 19.9. The fourth-order valence-electron chi connectivity index (χ4n) is 6.87. The molecule has 4 aromatic carbocycles. The average molecular weight is 925 g/mol. The van der Waals surface area contributed by atoms with Gasteiger partial charge in [-0.1, -0.05) is 140 Å². The Morgan fingerprint density at radius 1 is 0.745 bits per heavy atom. The van der Waals surface area contributed by atoms with Crippen LogP contribution in [0.15, 0.2) is 108 Å². The van der Waals surface area contributed by atoms with Gasteiger partial charge in [0.15, 0.2) is 0 Å². The van der Waals surface area contributed by atoms with Gasteiger partial charge in [0.05, 0.1) is 13.7 Å². The average Bonchev–Trinajstić information content (AvgIpc) is 3.53. The maximum Gasteiger partial charge on any atom is 0.128 e. The number of pyridine rings is 2. The van der Waals surface area contributed by atoms with Crippen molar-refractivity contribution in [1.82, 2.24) is 9.97 Å². The fraction of sp³-hybridized carbons (Fsp3) is 0.306. The molecule has 0 amide bonds. The maximum absolute atomic E-state index is 13.4. The molecular weight excluding hydrogens is 872 g/mol. The van der Waals surface area contributed by atoms with E-state index in [1.54, 1.807) is 12.1 Å². The number of furan rings is 1. The number of benzene rings is 4. The fourth-order valence-corrected chi connectivity index (χ4v) is 8.54. The predicted octanol–water partition coefficient (Wildman–Crippen LogP) is 13.5. The molecule has 1 radical (unpaired) electrons. The van der Waals surface area contributed by atoms with Crippen LogP contribution in [0.25, 0.3) is 55.6 Å². The van der Waals surface area contributed by atoms with Crippen molar-refractivity contribution < 1.29 is 28.9 Å². The molecular formula is C49H53FIrN2OSi-2. The van der Waals surface area contributed by atoms with Crippen molar-refractivity contribution in [3.8, 4) is 33.6 Å². The van der Waals surface area contributed by atoms with Crippen molar-refractivity contribution in [2.24, 2.45) is 5.92 Å². The number of halogens is 1. The molecule has 3 nitrogen and oxygen atoms in total. The molecule has 3 aromatic heterocycles. The van der Waals surface area contributed by atoms with Gasteiger partial charge >= 0.3 is 0 Å². The summed E-state index contributed by atoms with van der Waals surface area (Å²) >= 11 is 0. The largest absolute Gasteiger partial charge is 0.500 e. The molecule has 6 heteroatoms. The Hall–Kier alpha value is -4.22. The number of fused-ring (bicyclic) bond motifs is 3. The zero-order valence-electron chi connectivity index (χ0n) is 34.1. The van der Waals surface area contributed by atoms with Crippen LogP contribution in [-0.4, -0.2) is 18.0 Å². The third kappa shape index (κ3) is 9.26. The number of hydrogen-bond acceptors (Lipinski definition) is 3. The molecule has 3 heterocycles. The Morgan fingerprint density at radius 3 is 2.09 bits per heavy atom. The number of nitrogens with zero attached hydrogens (tertiary/aromatic N) is 2. The van der Waals surface area contributed by atoms with Gasteiger partial charge < -0.3 is 14.4 Å². The van der Waals surface area contributed by atoms with Crippen LogP contribution in [0, 0.1) is 23.9 Å². The Bertz CT molecular complexity index is 2400. The van der Waals surface area contributed by atoms with Gasteiger partial charge in [-0.25, -0.2) is 4.39 Å². The van der Waals surface area contributed by atoms with Crippen LogP contribution >= 0.6 is 0 Å². The molecule has 0 fully saturated rings. The third-order valence-corrected chi connectivity index (χ3v) is 12.5. The molecule has 1 atom stereocenters. The van der Waals surface area contributed by atoms with Crippen LogP contribution in [-0.2, 0) is 25.5 Å². The Kier molecular flexibility index (Phi) is 12.9. The van der Waals surface area contributed by atoms with Gasteiger partial charge in [0.2, 0.25) is 0 Å². The second-order valence-electron chi connectivity index (χ2n) is 17.2. The normalized spacial score (nSPS) is 12.5. The van der Waals surface area contributed by atoms with Gasteiger partial charge in [0.1, 0.15) is 11.4 Å². The van der Waals surface area contributed by atoms with E-state index in [1.807, 2.05) is 36.5 Å². The van der Waals surface area contributed by atoms with E-state index >= 15 is 0 Å². The van der Waals surface area contributed by atoms with Gasteiger partial charge in [-0.15, -0.1) is 53.6 Å². The molecule has 0 saturated carbocycles. The minimum Gasteiger partial charge on any atom is -0.500 e.